The number of nitrogens with zero attached hydrogens (tertiary/aromatic N) is 1. The molecule has 1 aromatic carbocycles. The van der Waals surface area contributed by atoms with Crippen LogP contribution in [0.4, 0.5) is 13.2 Å². The fourth-order valence-corrected chi connectivity index (χ4v) is 2.03. The Labute approximate surface area is 108 Å². The molecule has 0 radical (unpaired) electrons. The molecule has 1 aromatic rings. The van der Waals surface area contributed by atoms with Gasteiger partial charge in [0.15, 0.2) is 0 Å². The van der Waals surface area contributed by atoms with Crippen LogP contribution in [-0.4, -0.2) is 35.9 Å². The molecule has 0 unspecified atom stereocenters. The van der Waals surface area contributed by atoms with Crippen molar-refractivity contribution < 1.29 is 22.8 Å². The first-order chi connectivity index (χ1) is 8.89. The first kappa shape index (κ1) is 13.6. The average molecular weight is 271 g/mol. The average Bonchev–Trinajstić information content (AvgIpc) is 2.90. The lowest BCUT2D eigenvalue weighted by atomic mass is 10.1. The van der Waals surface area contributed by atoms with E-state index in [9.17, 15) is 22.8 Å². The highest BCUT2D eigenvalue weighted by molar-refractivity contribution is 6.01. The molecule has 1 heterocycles. The summed E-state index contributed by atoms with van der Waals surface area (Å²) >= 11 is 0. The van der Waals surface area contributed by atoms with Crippen LogP contribution in [0.3, 0.4) is 0 Å². The molecule has 0 atom stereocenters. The maximum atomic E-state index is 12.2. The second kappa shape index (κ2) is 5.03. The Bertz CT molecular complexity index is 488. The summed E-state index contributed by atoms with van der Waals surface area (Å²) in [5.74, 6) is -2.10. The minimum Gasteiger partial charge on any atom is -0.339 e. The molecular formula is C13H12F3NO2. The van der Waals surface area contributed by atoms with Crippen LogP contribution >= 0.6 is 0 Å². The summed E-state index contributed by atoms with van der Waals surface area (Å²) in [6.07, 6.45) is -3.01. The van der Waals surface area contributed by atoms with Gasteiger partial charge >= 0.3 is 6.18 Å². The Morgan fingerprint density at radius 2 is 1.42 bits per heavy atom. The van der Waals surface area contributed by atoms with Crippen molar-refractivity contribution in [2.24, 2.45) is 0 Å². The van der Waals surface area contributed by atoms with E-state index in [1.54, 1.807) is 4.90 Å². The van der Waals surface area contributed by atoms with Crippen LogP contribution < -0.4 is 0 Å². The first-order valence-corrected chi connectivity index (χ1v) is 5.90. The fraction of sp³-hybridized carbons (Fsp3) is 0.385. The second-order valence-corrected chi connectivity index (χ2v) is 4.40. The van der Waals surface area contributed by atoms with Gasteiger partial charge in [-0.05, 0) is 25.0 Å². The Morgan fingerprint density at radius 3 is 1.89 bits per heavy atom. The van der Waals surface area contributed by atoms with Gasteiger partial charge in [-0.1, -0.05) is 12.1 Å². The maximum absolute atomic E-state index is 12.2. The monoisotopic (exact) mass is 271 g/mol. The number of carbonyl (C=O) groups excluding carboxylic acids is 2. The Morgan fingerprint density at radius 1 is 0.947 bits per heavy atom. The molecule has 0 aliphatic carbocycles. The van der Waals surface area contributed by atoms with Gasteiger partial charge in [0, 0.05) is 24.2 Å². The third-order valence-electron chi connectivity index (χ3n) is 3.04. The Kier molecular flexibility index (Phi) is 3.59. The number of alkyl halides is 3. The first-order valence-electron chi connectivity index (χ1n) is 5.90. The predicted octanol–water partition coefficient (Wildman–Crippen LogP) is 2.67. The van der Waals surface area contributed by atoms with Gasteiger partial charge in [0.05, 0.1) is 0 Å². The second-order valence-electron chi connectivity index (χ2n) is 4.40. The molecule has 1 amide bonds. The number of benzene rings is 1. The zero-order valence-corrected chi connectivity index (χ0v) is 10.0. The summed E-state index contributed by atoms with van der Waals surface area (Å²) in [7, 11) is 0. The van der Waals surface area contributed by atoms with Gasteiger partial charge in [-0.15, -0.1) is 0 Å². The van der Waals surface area contributed by atoms with Gasteiger partial charge in [0.25, 0.3) is 11.7 Å². The van der Waals surface area contributed by atoms with Crippen molar-refractivity contribution >= 4 is 11.7 Å². The molecule has 0 bridgehead atoms. The van der Waals surface area contributed by atoms with E-state index in [0.717, 1.165) is 25.0 Å². The van der Waals surface area contributed by atoms with Gasteiger partial charge in [0.1, 0.15) is 0 Å². The van der Waals surface area contributed by atoms with Gasteiger partial charge in [-0.2, -0.15) is 13.2 Å². The predicted molar refractivity (Wildman–Crippen MR) is 62.0 cm³/mol. The van der Waals surface area contributed by atoms with Gasteiger partial charge < -0.3 is 4.90 Å². The molecule has 102 valence electrons. The zero-order chi connectivity index (χ0) is 14.0. The van der Waals surface area contributed by atoms with Gasteiger partial charge in [-0.3, -0.25) is 9.59 Å². The number of carbonyl (C=O) groups is 2. The van der Waals surface area contributed by atoms with Crippen LogP contribution in [0, 0.1) is 0 Å². The highest BCUT2D eigenvalue weighted by atomic mass is 19.4. The molecule has 0 N–H and O–H groups in total. The van der Waals surface area contributed by atoms with Crippen LogP contribution in [0.5, 0.6) is 0 Å². The lowest BCUT2D eigenvalue weighted by Crippen LogP contribution is -2.27. The highest BCUT2D eigenvalue weighted by Crippen LogP contribution is 2.22. The van der Waals surface area contributed by atoms with E-state index >= 15 is 0 Å². The van der Waals surface area contributed by atoms with Crippen molar-refractivity contribution in [1.82, 2.24) is 4.90 Å². The molecule has 19 heavy (non-hydrogen) atoms. The van der Waals surface area contributed by atoms with Crippen LogP contribution in [0.1, 0.15) is 33.6 Å². The Hall–Kier alpha value is -1.85. The minimum atomic E-state index is -4.89. The van der Waals surface area contributed by atoms with E-state index in [2.05, 4.69) is 0 Å². The molecule has 6 heteroatoms. The third-order valence-corrected chi connectivity index (χ3v) is 3.04. The summed E-state index contributed by atoms with van der Waals surface area (Å²) in [6, 6.07) is 4.61. The van der Waals surface area contributed by atoms with Gasteiger partial charge in [-0.25, -0.2) is 0 Å². The topological polar surface area (TPSA) is 37.4 Å². The SMILES string of the molecule is O=C(c1ccc(C(=O)C(F)(F)F)cc1)N1CCCC1. The zero-order valence-electron chi connectivity index (χ0n) is 10.0. The van der Waals surface area contributed by atoms with Crippen LogP contribution in [0.25, 0.3) is 0 Å². The van der Waals surface area contributed by atoms with E-state index < -0.39 is 17.5 Å². The fourth-order valence-electron chi connectivity index (χ4n) is 2.03. The molecular weight excluding hydrogens is 259 g/mol. The molecule has 1 aliphatic heterocycles. The number of halogens is 3. The van der Waals surface area contributed by atoms with E-state index in [1.807, 2.05) is 0 Å². The summed E-state index contributed by atoms with van der Waals surface area (Å²) in [5.41, 5.74) is -0.147. The van der Waals surface area contributed by atoms with Crippen LogP contribution in [0.15, 0.2) is 24.3 Å². The van der Waals surface area contributed by atoms with Crippen molar-refractivity contribution in [3.8, 4) is 0 Å². The number of Topliss-reactive ketones (excluding diaryl/α,β-unsaturated/α-hetero) is 1. The summed E-state index contributed by atoms with van der Waals surface area (Å²) in [6.45, 7) is 1.34. The van der Waals surface area contributed by atoms with E-state index in [-0.39, 0.29) is 5.91 Å². The van der Waals surface area contributed by atoms with Crippen molar-refractivity contribution in [1.29, 1.82) is 0 Å². The lowest BCUT2D eigenvalue weighted by Gasteiger charge is -2.15. The molecule has 1 fully saturated rings. The molecule has 2 rings (SSSR count). The van der Waals surface area contributed by atoms with Crippen molar-refractivity contribution in [3.63, 3.8) is 0 Å². The highest BCUT2D eigenvalue weighted by Gasteiger charge is 2.39. The number of hydrogen-bond acceptors (Lipinski definition) is 2. The summed E-state index contributed by atoms with van der Waals surface area (Å²) < 4.78 is 36.6. The molecule has 0 aromatic heterocycles. The van der Waals surface area contributed by atoms with E-state index in [0.29, 0.717) is 18.7 Å². The Balaban J connectivity index is 2.14. The lowest BCUT2D eigenvalue weighted by molar-refractivity contribution is -0.0885. The molecule has 1 aliphatic rings. The molecule has 3 nitrogen and oxygen atoms in total. The van der Waals surface area contributed by atoms with Crippen LogP contribution in [-0.2, 0) is 0 Å². The molecule has 0 saturated carbocycles. The summed E-state index contributed by atoms with van der Waals surface area (Å²) in [4.78, 5) is 24.6. The van der Waals surface area contributed by atoms with E-state index in [1.165, 1.54) is 12.1 Å². The number of likely N-dealkylation sites (tertiary alicyclic amines) is 1. The number of ketones is 1. The maximum Gasteiger partial charge on any atom is 0.454 e. The van der Waals surface area contributed by atoms with E-state index in [4.69, 9.17) is 0 Å². The molecule has 0 spiro atoms. The smallest absolute Gasteiger partial charge is 0.339 e. The van der Waals surface area contributed by atoms with Gasteiger partial charge in [0.2, 0.25) is 0 Å². The van der Waals surface area contributed by atoms with Crippen LogP contribution in [0.2, 0.25) is 0 Å². The number of rotatable bonds is 2. The van der Waals surface area contributed by atoms with Crippen molar-refractivity contribution in [2.45, 2.75) is 19.0 Å². The quantitative estimate of drug-likeness (QED) is 0.775. The van der Waals surface area contributed by atoms with Crippen molar-refractivity contribution in [2.75, 3.05) is 13.1 Å². The minimum absolute atomic E-state index is 0.205. The number of amides is 1. The number of hydrogen-bond donors (Lipinski definition) is 0. The standard InChI is InChI=1S/C13H12F3NO2/c14-13(15,16)11(18)9-3-5-10(6-4-9)12(19)17-7-1-2-8-17/h3-6H,1-2,7-8H2. The normalized spacial score (nSPS) is 15.6. The summed E-state index contributed by atoms with van der Waals surface area (Å²) in [5, 5.41) is 0. The third kappa shape index (κ3) is 2.94. The largest absolute Gasteiger partial charge is 0.454 e. The molecule has 1 saturated heterocycles. The van der Waals surface area contributed by atoms with Crippen molar-refractivity contribution in [3.05, 3.63) is 35.4 Å².